The summed E-state index contributed by atoms with van der Waals surface area (Å²) in [5.41, 5.74) is 0.938. The molecule has 1 amide bonds. The molecule has 3 nitrogen and oxygen atoms in total. The van der Waals surface area contributed by atoms with E-state index in [0.29, 0.717) is 18.1 Å². The average molecular weight is 297 g/mol. The minimum absolute atomic E-state index is 0.0550. The van der Waals surface area contributed by atoms with E-state index in [1.807, 2.05) is 4.90 Å². The summed E-state index contributed by atoms with van der Waals surface area (Å²) < 4.78 is 12.9. The summed E-state index contributed by atoms with van der Waals surface area (Å²) in [7, 11) is 0. The van der Waals surface area contributed by atoms with Crippen LogP contribution in [0.2, 0.25) is 0 Å². The number of anilines is 1. The molecule has 2 unspecified atom stereocenters. The molecule has 0 spiro atoms. The van der Waals surface area contributed by atoms with Crippen molar-refractivity contribution < 1.29 is 9.18 Å². The van der Waals surface area contributed by atoms with E-state index < -0.39 is 0 Å². The lowest BCUT2D eigenvalue weighted by Crippen LogP contribution is -2.50. The lowest BCUT2D eigenvalue weighted by Gasteiger charge is -2.39. The minimum atomic E-state index is -0.224. The van der Waals surface area contributed by atoms with E-state index in [9.17, 15) is 9.18 Å². The molecule has 3 rings (SSSR count). The third-order valence-corrected chi connectivity index (χ3v) is 4.58. The number of alkyl halides is 1. The van der Waals surface area contributed by atoms with Gasteiger partial charge in [0.25, 0.3) is 0 Å². The number of hydrogen-bond acceptors (Lipinski definition) is 2. The Kier molecular flexibility index (Phi) is 3.83. The van der Waals surface area contributed by atoms with Crippen molar-refractivity contribution in [2.24, 2.45) is 0 Å². The second kappa shape index (κ2) is 5.60. The van der Waals surface area contributed by atoms with Crippen LogP contribution in [0.25, 0.3) is 0 Å². The van der Waals surface area contributed by atoms with Crippen molar-refractivity contribution in [2.75, 3.05) is 11.2 Å². The fraction of sp³-hybridized carbons (Fsp3) is 0.533. The van der Waals surface area contributed by atoms with E-state index >= 15 is 0 Å². The largest absolute Gasteiger partial charge is 0.382 e. The fourth-order valence-corrected chi connectivity index (χ4v) is 3.69. The van der Waals surface area contributed by atoms with Crippen LogP contribution in [0.15, 0.2) is 24.3 Å². The van der Waals surface area contributed by atoms with Gasteiger partial charge in [0.05, 0.1) is 0 Å². The van der Waals surface area contributed by atoms with Crippen LogP contribution in [0.5, 0.6) is 0 Å². The molecule has 20 heavy (non-hydrogen) atoms. The number of nitrogens with one attached hydrogen (secondary N) is 1. The Balaban J connectivity index is 1.65. The number of halogens is 2. The van der Waals surface area contributed by atoms with Gasteiger partial charge in [-0.15, -0.1) is 11.6 Å². The van der Waals surface area contributed by atoms with Crippen LogP contribution in [0.3, 0.4) is 0 Å². The van der Waals surface area contributed by atoms with Gasteiger partial charge in [0.15, 0.2) is 0 Å². The lowest BCUT2D eigenvalue weighted by molar-refractivity contribution is -0.132. The molecule has 108 valence electrons. The maximum Gasteiger partial charge on any atom is 0.237 e. The van der Waals surface area contributed by atoms with E-state index in [0.717, 1.165) is 31.4 Å². The second-order valence-corrected chi connectivity index (χ2v) is 5.91. The van der Waals surface area contributed by atoms with Gasteiger partial charge in [-0.3, -0.25) is 4.79 Å². The van der Waals surface area contributed by atoms with Gasteiger partial charge in [0.1, 0.15) is 11.7 Å². The van der Waals surface area contributed by atoms with Gasteiger partial charge in [0.2, 0.25) is 5.91 Å². The first-order valence-corrected chi connectivity index (χ1v) is 7.60. The summed E-state index contributed by atoms with van der Waals surface area (Å²) in [6.07, 6.45) is 4.01. The van der Waals surface area contributed by atoms with Crippen LogP contribution >= 0.6 is 11.6 Å². The second-order valence-electron chi connectivity index (χ2n) is 5.64. The molecular formula is C15H18ClFN2O. The minimum Gasteiger partial charge on any atom is -0.382 e. The number of fused-ring (bicyclic) bond motifs is 2. The summed E-state index contributed by atoms with van der Waals surface area (Å²) in [4.78, 5) is 13.8. The summed E-state index contributed by atoms with van der Waals surface area (Å²) >= 11 is 5.68. The van der Waals surface area contributed by atoms with Crippen LogP contribution in [0, 0.1) is 5.82 Å². The van der Waals surface area contributed by atoms with E-state index in [-0.39, 0.29) is 17.6 Å². The predicted octanol–water partition coefficient (Wildman–Crippen LogP) is 3.00. The van der Waals surface area contributed by atoms with E-state index in [2.05, 4.69) is 5.32 Å². The molecule has 0 radical (unpaired) electrons. The summed E-state index contributed by atoms with van der Waals surface area (Å²) in [6.45, 7) is 0. The molecule has 2 bridgehead atoms. The fourth-order valence-electron chi connectivity index (χ4n) is 3.55. The highest BCUT2D eigenvalue weighted by Gasteiger charge is 2.42. The van der Waals surface area contributed by atoms with Gasteiger partial charge in [-0.1, -0.05) is 0 Å². The monoisotopic (exact) mass is 296 g/mol. The van der Waals surface area contributed by atoms with Crippen LogP contribution in [0.4, 0.5) is 10.1 Å². The third-order valence-electron chi connectivity index (χ3n) is 4.35. The van der Waals surface area contributed by atoms with Crippen molar-refractivity contribution in [3.05, 3.63) is 30.1 Å². The normalized spacial score (nSPS) is 28.5. The first-order valence-electron chi connectivity index (χ1n) is 7.06. The highest BCUT2D eigenvalue weighted by atomic mass is 35.5. The molecule has 1 aromatic carbocycles. The quantitative estimate of drug-likeness (QED) is 0.870. The average Bonchev–Trinajstić information content (AvgIpc) is 2.72. The van der Waals surface area contributed by atoms with E-state index in [1.165, 1.54) is 12.1 Å². The Morgan fingerprint density at radius 3 is 2.40 bits per heavy atom. The van der Waals surface area contributed by atoms with E-state index in [4.69, 9.17) is 11.6 Å². The summed E-state index contributed by atoms with van der Waals surface area (Å²) in [5.74, 6) is -0.0965. The number of rotatable bonds is 3. The molecule has 2 atom stereocenters. The molecule has 0 aliphatic carbocycles. The van der Waals surface area contributed by atoms with Gasteiger partial charge in [-0.05, 0) is 49.9 Å². The molecule has 0 aromatic heterocycles. The third kappa shape index (κ3) is 2.62. The van der Waals surface area contributed by atoms with Gasteiger partial charge >= 0.3 is 0 Å². The Bertz CT molecular complexity index is 479. The van der Waals surface area contributed by atoms with Crippen LogP contribution in [-0.2, 0) is 4.79 Å². The van der Waals surface area contributed by atoms with Crippen molar-refractivity contribution in [1.29, 1.82) is 0 Å². The Labute approximate surface area is 123 Å². The standard InChI is InChI=1S/C15H18ClFN2O/c16-9-15(20)19-13-5-6-14(19)8-12(7-13)18-11-3-1-10(17)2-4-11/h1-4,12-14,18H,5-9H2. The molecule has 0 saturated carbocycles. The molecule has 2 heterocycles. The van der Waals surface area contributed by atoms with Crippen molar-refractivity contribution in [1.82, 2.24) is 4.90 Å². The number of amides is 1. The lowest BCUT2D eigenvalue weighted by atomic mass is 9.97. The first kappa shape index (κ1) is 13.7. The van der Waals surface area contributed by atoms with Crippen LogP contribution in [0.1, 0.15) is 25.7 Å². The summed E-state index contributed by atoms with van der Waals surface area (Å²) in [5, 5.41) is 3.45. The van der Waals surface area contributed by atoms with Gasteiger partial charge in [-0.2, -0.15) is 0 Å². The van der Waals surface area contributed by atoms with Crippen molar-refractivity contribution >= 4 is 23.2 Å². The van der Waals surface area contributed by atoms with Gasteiger partial charge in [-0.25, -0.2) is 4.39 Å². The zero-order valence-electron chi connectivity index (χ0n) is 11.2. The maximum atomic E-state index is 12.9. The highest BCUT2D eigenvalue weighted by molar-refractivity contribution is 6.27. The number of hydrogen-bond donors (Lipinski definition) is 1. The van der Waals surface area contributed by atoms with Crippen molar-refractivity contribution in [3.63, 3.8) is 0 Å². The number of carbonyl (C=O) groups excluding carboxylic acids is 1. The number of nitrogens with zero attached hydrogens (tertiary/aromatic N) is 1. The predicted molar refractivity (Wildman–Crippen MR) is 77.4 cm³/mol. The molecule has 1 aromatic rings. The van der Waals surface area contributed by atoms with Gasteiger partial charge < -0.3 is 10.2 Å². The molecular weight excluding hydrogens is 279 g/mol. The molecule has 5 heteroatoms. The SMILES string of the molecule is O=C(CCl)N1C2CCC1CC(Nc1ccc(F)cc1)C2. The van der Waals surface area contributed by atoms with Crippen LogP contribution in [-0.4, -0.2) is 34.8 Å². The maximum absolute atomic E-state index is 12.9. The van der Waals surface area contributed by atoms with Crippen molar-refractivity contribution in [3.8, 4) is 0 Å². The molecule has 2 saturated heterocycles. The highest BCUT2D eigenvalue weighted by Crippen LogP contribution is 2.37. The Morgan fingerprint density at radius 2 is 1.85 bits per heavy atom. The van der Waals surface area contributed by atoms with Gasteiger partial charge in [0, 0.05) is 23.8 Å². The Hall–Kier alpha value is -1.29. The summed E-state index contributed by atoms with van der Waals surface area (Å²) in [6, 6.07) is 7.39. The van der Waals surface area contributed by atoms with E-state index in [1.54, 1.807) is 12.1 Å². The molecule has 2 aliphatic heterocycles. The molecule has 1 N–H and O–H groups in total. The number of piperidine rings is 1. The number of carbonyl (C=O) groups is 1. The number of benzene rings is 1. The first-order chi connectivity index (χ1) is 9.67. The van der Waals surface area contributed by atoms with Crippen molar-refractivity contribution in [2.45, 2.75) is 43.8 Å². The van der Waals surface area contributed by atoms with Crippen LogP contribution < -0.4 is 5.32 Å². The smallest absolute Gasteiger partial charge is 0.237 e. The zero-order valence-corrected chi connectivity index (χ0v) is 11.9. The molecule has 2 fully saturated rings. The zero-order chi connectivity index (χ0) is 14.1. The molecule has 2 aliphatic rings. The topological polar surface area (TPSA) is 32.3 Å². The Morgan fingerprint density at radius 1 is 1.25 bits per heavy atom.